The highest BCUT2D eigenvalue weighted by molar-refractivity contribution is 9.10. The van der Waals surface area contributed by atoms with Crippen molar-refractivity contribution >= 4 is 27.8 Å². The number of halogens is 1. The van der Waals surface area contributed by atoms with Gasteiger partial charge >= 0.3 is 5.97 Å². The van der Waals surface area contributed by atoms with E-state index in [9.17, 15) is 14.7 Å². The molecule has 2 rings (SSSR count). The second-order valence-corrected chi connectivity index (χ2v) is 7.18. The van der Waals surface area contributed by atoms with Crippen molar-refractivity contribution in [1.82, 2.24) is 5.32 Å². The van der Waals surface area contributed by atoms with E-state index in [2.05, 4.69) is 35.1 Å². The van der Waals surface area contributed by atoms with Gasteiger partial charge in [-0.1, -0.05) is 54.0 Å². The number of nitrogens with one attached hydrogen (secondary N) is 1. The van der Waals surface area contributed by atoms with Crippen molar-refractivity contribution in [2.45, 2.75) is 46.1 Å². The molecule has 0 aliphatic carbocycles. The number of carboxylic acid groups (broad SMARTS) is 1. The smallest absolute Gasteiger partial charge is 0.305 e. The first kappa shape index (κ1) is 20.2. The number of amides is 1. The normalized spacial score (nSPS) is 11.8. The molecule has 0 fully saturated rings. The molecule has 2 N–H and O–H groups in total. The summed E-state index contributed by atoms with van der Waals surface area (Å²) in [5.41, 5.74) is 4.79. The summed E-state index contributed by atoms with van der Waals surface area (Å²) in [6.45, 7) is 6.12. The lowest BCUT2D eigenvalue weighted by atomic mass is 9.95. The number of benzene rings is 2. The molecule has 0 spiro atoms. The molecule has 0 aliphatic heterocycles. The Kier molecular flexibility index (Phi) is 6.98. The van der Waals surface area contributed by atoms with Crippen LogP contribution in [-0.2, 0) is 17.6 Å². The molecule has 5 heteroatoms. The molecule has 1 amide bonds. The minimum absolute atomic E-state index is 0.159. The number of carbonyl (C=O) groups is 2. The average molecular weight is 418 g/mol. The van der Waals surface area contributed by atoms with Crippen molar-refractivity contribution in [2.75, 3.05) is 0 Å². The Morgan fingerprint density at radius 3 is 2.35 bits per heavy atom. The highest BCUT2D eigenvalue weighted by Crippen LogP contribution is 2.23. The summed E-state index contributed by atoms with van der Waals surface area (Å²) in [6, 6.07) is 10.7. The fourth-order valence-corrected chi connectivity index (χ4v) is 3.32. The molecule has 1 atom stereocenters. The Morgan fingerprint density at radius 2 is 1.77 bits per heavy atom. The highest BCUT2D eigenvalue weighted by atomic mass is 79.9. The summed E-state index contributed by atoms with van der Waals surface area (Å²) in [4.78, 5) is 23.9. The Bertz CT molecular complexity index is 817. The van der Waals surface area contributed by atoms with E-state index < -0.39 is 12.0 Å². The number of hydrogen-bond acceptors (Lipinski definition) is 2. The summed E-state index contributed by atoms with van der Waals surface area (Å²) in [7, 11) is 0. The van der Waals surface area contributed by atoms with E-state index in [1.807, 2.05) is 31.2 Å². The van der Waals surface area contributed by atoms with Gasteiger partial charge < -0.3 is 10.4 Å². The second kappa shape index (κ2) is 8.99. The largest absolute Gasteiger partial charge is 0.481 e. The van der Waals surface area contributed by atoms with Gasteiger partial charge in [0.25, 0.3) is 5.91 Å². The van der Waals surface area contributed by atoms with Gasteiger partial charge in [0, 0.05) is 10.0 Å². The predicted molar refractivity (Wildman–Crippen MR) is 107 cm³/mol. The maximum Gasteiger partial charge on any atom is 0.305 e. The van der Waals surface area contributed by atoms with Crippen molar-refractivity contribution in [1.29, 1.82) is 0 Å². The molecular weight excluding hydrogens is 394 g/mol. The van der Waals surface area contributed by atoms with Crippen LogP contribution in [0.1, 0.15) is 58.9 Å². The molecule has 0 saturated carbocycles. The van der Waals surface area contributed by atoms with E-state index in [-0.39, 0.29) is 12.3 Å². The number of aliphatic carboxylic acids is 1. The maximum absolute atomic E-state index is 12.6. The molecule has 0 radical (unpaired) electrons. The highest BCUT2D eigenvalue weighted by Gasteiger charge is 2.20. The van der Waals surface area contributed by atoms with Gasteiger partial charge in [-0.25, -0.2) is 0 Å². The molecule has 1 unspecified atom stereocenters. The Morgan fingerprint density at radius 1 is 1.08 bits per heavy atom. The molecule has 138 valence electrons. The molecule has 2 aromatic carbocycles. The molecule has 0 bridgehead atoms. The van der Waals surface area contributed by atoms with Crippen molar-refractivity contribution in [2.24, 2.45) is 0 Å². The van der Waals surface area contributed by atoms with E-state index in [1.54, 1.807) is 12.1 Å². The van der Waals surface area contributed by atoms with Crippen LogP contribution in [0.4, 0.5) is 0 Å². The molecular formula is C21H24BrNO3. The van der Waals surface area contributed by atoms with E-state index in [4.69, 9.17) is 0 Å². The van der Waals surface area contributed by atoms with Crippen LogP contribution < -0.4 is 5.32 Å². The molecule has 0 aromatic heterocycles. The lowest BCUT2D eigenvalue weighted by molar-refractivity contribution is -0.137. The van der Waals surface area contributed by atoms with Crippen molar-refractivity contribution < 1.29 is 14.7 Å². The van der Waals surface area contributed by atoms with E-state index in [1.165, 1.54) is 11.1 Å². The summed E-state index contributed by atoms with van der Waals surface area (Å²) in [6.07, 6.45) is 1.64. The third-order valence-electron chi connectivity index (χ3n) is 4.51. The molecule has 26 heavy (non-hydrogen) atoms. The second-order valence-electron chi connectivity index (χ2n) is 6.32. The quantitative estimate of drug-likeness (QED) is 0.677. The monoisotopic (exact) mass is 417 g/mol. The summed E-state index contributed by atoms with van der Waals surface area (Å²) in [5, 5.41) is 12.2. The fraction of sp³-hybridized carbons (Fsp3) is 0.333. The predicted octanol–water partition coefficient (Wildman–Crippen LogP) is 4.83. The van der Waals surface area contributed by atoms with Crippen molar-refractivity contribution in [3.63, 3.8) is 0 Å². The standard InChI is InChI=1S/C21H24BrNO3/c1-4-14-8-9-16(10-15(14)5-2)19(12-20(24)25)23-21(26)17-7-6-13(3)18(22)11-17/h6-11,19H,4-5,12H2,1-3H3,(H,23,26)(H,24,25). The maximum atomic E-state index is 12.6. The van der Waals surface area contributed by atoms with Crippen molar-refractivity contribution in [3.8, 4) is 0 Å². The van der Waals surface area contributed by atoms with Crippen LogP contribution in [0.25, 0.3) is 0 Å². The first-order valence-corrected chi connectivity index (χ1v) is 9.55. The van der Waals surface area contributed by atoms with Gasteiger partial charge in [-0.3, -0.25) is 9.59 Å². The van der Waals surface area contributed by atoms with Crippen LogP contribution in [-0.4, -0.2) is 17.0 Å². The molecule has 0 saturated heterocycles. The van der Waals surface area contributed by atoms with Gasteiger partial charge in [0.05, 0.1) is 12.5 Å². The third kappa shape index (κ3) is 4.94. The van der Waals surface area contributed by atoms with Gasteiger partial charge in [0.2, 0.25) is 0 Å². The number of hydrogen-bond donors (Lipinski definition) is 2. The fourth-order valence-electron chi connectivity index (χ4n) is 2.94. The van der Waals surface area contributed by atoms with Gasteiger partial charge in [-0.2, -0.15) is 0 Å². The summed E-state index contributed by atoms with van der Waals surface area (Å²) >= 11 is 3.43. The van der Waals surface area contributed by atoms with E-state index in [0.29, 0.717) is 5.56 Å². The van der Waals surface area contributed by atoms with Gasteiger partial charge in [-0.05, 0) is 54.2 Å². The number of carboxylic acids is 1. The summed E-state index contributed by atoms with van der Waals surface area (Å²) in [5.74, 6) is -1.23. The van der Waals surface area contributed by atoms with E-state index in [0.717, 1.165) is 28.4 Å². The average Bonchev–Trinajstić information content (AvgIpc) is 2.62. The van der Waals surface area contributed by atoms with Gasteiger partial charge in [-0.15, -0.1) is 0 Å². The zero-order chi connectivity index (χ0) is 19.3. The minimum Gasteiger partial charge on any atom is -0.481 e. The van der Waals surface area contributed by atoms with Gasteiger partial charge in [0.1, 0.15) is 0 Å². The van der Waals surface area contributed by atoms with Gasteiger partial charge in [0.15, 0.2) is 0 Å². The topological polar surface area (TPSA) is 66.4 Å². The zero-order valence-electron chi connectivity index (χ0n) is 15.3. The van der Waals surface area contributed by atoms with Crippen LogP contribution >= 0.6 is 15.9 Å². The molecule has 2 aromatic rings. The Balaban J connectivity index is 2.31. The number of carbonyl (C=O) groups excluding carboxylic acids is 1. The zero-order valence-corrected chi connectivity index (χ0v) is 16.9. The van der Waals surface area contributed by atoms with Crippen LogP contribution in [0.2, 0.25) is 0 Å². The molecule has 4 nitrogen and oxygen atoms in total. The van der Waals surface area contributed by atoms with Crippen LogP contribution in [0.3, 0.4) is 0 Å². The minimum atomic E-state index is -0.946. The number of aryl methyl sites for hydroxylation is 3. The molecule has 0 aliphatic rings. The lowest BCUT2D eigenvalue weighted by Gasteiger charge is -2.19. The van der Waals surface area contributed by atoms with Crippen LogP contribution in [0, 0.1) is 6.92 Å². The molecule has 0 heterocycles. The first-order valence-electron chi connectivity index (χ1n) is 8.76. The number of rotatable bonds is 7. The van der Waals surface area contributed by atoms with Crippen LogP contribution in [0.5, 0.6) is 0 Å². The van der Waals surface area contributed by atoms with E-state index >= 15 is 0 Å². The lowest BCUT2D eigenvalue weighted by Crippen LogP contribution is -2.30. The first-order chi connectivity index (χ1) is 12.3. The third-order valence-corrected chi connectivity index (χ3v) is 5.37. The Hall–Kier alpha value is -2.14. The SMILES string of the molecule is CCc1ccc(C(CC(=O)O)NC(=O)c2ccc(C)c(Br)c2)cc1CC. The Labute approximate surface area is 162 Å². The van der Waals surface area contributed by atoms with Crippen LogP contribution in [0.15, 0.2) is 40.9 Å². The van der Waals surface area contributed by atoms with Crippen molar-refractivity contribution in [3.05, 3.63) is 68.7 Å². The summed E-state index contributed by atoms with van der Waals surface area (Å²) < 4.78 is 0.848.